The van der Waals surface area contributed by atoms with Gasteiger partial charge in [0.15, 0.2) is 4.77 Å². The fourth-order valence-electron chi connectivity index (χ4n) is 2.83. The van der Waals surface area contributed by atoms with Crippen LogP contribution in [0.4, 0.5) is 5.69 Å². The summed E-state index contributed by atoms with van der Waals surface area (Å²) < 4.78 is 4.71. The zero-order valence-electron chi connectivity index (χ0n) is 13.5. The number of halogens is 1. The van der Waals surface area contributed by atoms with Gasteiger partial charge in [0.1, 0.15) is 6.33 Å². The zero-order chi connectivity index (χ0) is 16.4. The average molecular weight is 352 g/mol. The van der Waals surface area contributed by atoms with E-state index in [0.717, 1.165) is 48.3 Å². The molecule has 3 rings (SSSR count). The monoisotopic (exact) mass is 351 g/mol. The van der Waals surface area contributed by atoms with Crippen LogP contribution in [-0.4, -0.2) is 45.4 Å². The van der Waals surface area contributed by atoms with Crippen LogP contribution in [0.25, 0.3) is 0 Å². The van der Waals surface area contributed by atoms with Gasteiger partial charge in [0.05, 0.1) is 17.4 Å². The van der Waals surface area contributed by atoms with Gasteiger partial charge >= 0.3 is 0 Å². The SMILES string of the molecule is CC(C)n1cnn(CN2CCN(c3ccccc3Cl)CC2)c1=S. The first-order chi connectivity index (χ1) is 11.1. The van der Waals surface area contributed by atoms with E-state index >= 15 is 0 Å². The number of rotatable bonds is 4. The number of nitrogens with zero attached hydrogens (tertiary/aromatic N) is 5. The molecule has 0 amide bonds. The Morgan fingerprint density at radius 1 is 1.17 bits per heavy atom. The topological polar surface area (TPSA) is 29.2 Å². The van der Waals surface area contributed by atoms with Crippen molar-refractivity contribution >= 4 is 29.5 Å². The van der Waals surface area contributed by atoms with E-state index in [4.69, 9.17) is 23.8 Å². The second-order valence-electron chi connectivity index (χ2n) is 6.11. The van der Waals surface area contributed by atoms with Crippen molar-refractivity contribution < 1.29 is 0 Å². The third kappa shape index (κ3) is 3.59. The smallest absolute Gasteiger partial charge is 0.199 e. The van der Waals surface area contributed by atoms with Crippen LogP contribution < -0.4 is 4.90 Å². The Morgan fingerprint density at radius 2 is 1.87 bits per heavy atom. The molecule has 5 nitrogen and oxygen atoms in total. The van der Waals surface area contributed by atoms with Crippen LogP contribution in [0.1, 0.15) is 19.9 Å². The van der Waals surface area contributed by atoms with Gasteiger partial charge in [0.2, 0.25) is 0 Å². The van der Waals surface area contributed by atoms with E-state index in [-0.39, 0.29) is 0 Å². The summed E-state index contributed by atoms with van der Waals surface area (Å²) in [6.45, 7) is 8.84. The fraction of sp³-hybridized carbons (Fsp3) is 0.500. The van der Waals surface area contributed by atoms with Crippen LogP contribution in [0.5, 0.6) is 0 Å². The summed E-state index contributed by atoms with van der Waals surface area (Å²) in [6, 6.07) is 8.37. The number of piperazine rings is 1. The van der Waals surface area contributed by atoms with Crippen LogP contribution in [0, 0.1) is 4.77 Å². The summed E-state index contributed by atoms with van der Waals surface area (Å²) in [5.74, 6) is 0. The van der Waals surface area contributed by atoms with E-state index in [1.807, 2.05) is 33.8 Å². The number of hydrogen-bond donors (Lipinski definition) is 0. The lowest BCUT2D eigenvalue weighted by Gasteiger charge is -2.36. The Balaban J connectivity index is 1.62. The average Bonchev–Trinajstić information content (AvgIpc) is 2.90. The number of hydrogen-bond acceptors (Lipinski definition) is 4. The van der Waals surface area contributed by atoms with Crippen molar-refractivity contribution in [2.45, 2.75) is 26.6 Å². The molecule has 1 aliphatic heterocycles. The van der Waals surface area contributed by atoms with Gasteiger partial charge < -0.3 is 9.47 Å². The van der Waals surface area contributed by atoms with Gasteiger partial charge in [-0.25, -0.2) is 4.68 Å². The quantitative estimate of drug-likeness (QED) is 0.789. The largest absolute Gasteiger partial charge is 0.368 e. The molecule has 0 aliphatic carbocycles. The first kappa shape index (κ1) is 16.5. The van der Waals surface area contributed by atoms with Crippen LogP contribution >= 0.6 is 23.8 Å². The van der Waals surface area contributed by atoms with Gasteiger partial charge in [0, 0.05) is 32.2 Å². The third-order valence-corrected chi connectivity index (χ3v) is 4.95. The number of aromatic nitrogens is 3. The molecule has 1 fully saturated rings. The summed E-state index contributed by atoms with van der Waals surface area (Å²) >= 11 is 11.8. The minimum Gasteiger partial charge on any atom is -0.368 e. The summed E-state index contributed by atoms with van der Waals surface area (Å²) in [5.41, 5.74) is 1.12. The molecule has 0 saturated carbocycles. The van der Waals surface area contributed by atoms with E-state index in [1.54, 1.807) is 0 Å². The third-order valence-electron chi connectivity index (χ3n) is 4.21. The molecule has 2 heterocycles. The summed E-state index contributed by atoms with van der Waals surface area (Å²) in [4.78, 5) is 4.71. The van der Waals surface area contributed by atoms with Crippen molar-refractivity contribution in [2.75, 3.05) is 31.1 Å². The lowest BCUT2D eigenvalue weighted by Crippen LogP contribution is -2.47. The van der Waals surface area contributed by atoms with Crippen LogP contribution in [0.3, 0.4) is 0 Å². The molecule has 1 saturated heterocycles. The second kappa shape index (κ2) is 7.03. The van der Waals surface area contributed by atoms with Gasteiger partial charge in [-0.2, -0.15) is 5.10 Å². The Hall–Kier alpha value is -1.37. The van der Waals surface area contributed by atoms with Crippen molar-refractivity contribution in [3.63, 3.8) is 0 Å². The van der Waals surface area contributed by atoms with Gasteiger partial charge in [-0.1, -0.05) is 23.7 Å². The van der Waals surface area contributed by atoms with Crippen molar-refractivity contribution in [1.29, 1.82) is 0 Å². The molecule has 0 radical (unpaired) electrons. The minimum absolute atomic E-state index is 0.341. The highest BCUT2D eigenvalue weighted by Gasteiger charge is 2.19. The van der Waals surface area contributed by atoms with Crippen molar-refractivity contribution in [1.82, 2.24) is 19.2 Å². The molecule has 0 atom stereocenters. The maximum absolute atomic E-state index is 6.29. The number of benzene rings is 1. The molecule has 0 bridgehead atoms. The number of anilines is 1. The highest BCUT2D eigenvalue weighted by Crippen LogP contribution is 2.26. The zero-order valence-corrected chi connectivity index (χ0v) is 15.1. The molecule has 23 heavy (non-hydrogen) atoms. The molecule has 1 aromatic carbocycles. The van der Waals surface area contributed by atoms with Gasteiger partial charge in [-0.05, 0) is 38.2 Å². The second-order valence-corrected chi connectivity index (χ2v) is 6.88. The summed E-state index contributed by atoms with van der Waals surface area (Å²) in [7, 11) is 0. The Morgan fingerprint density at radius 3 is 2.48 bits per heavy atom. The van der Waals surface area contributed by atoms with E-state index in [0.29, 0.717) is 6.04 Å². The van der Waals surface area contributed by atoms with E-state index < -0.39 is 0 Å². The summed E-state index contributed by atoms with van der Waals surface area (Å²) in [5, 5.41) is 5.24. The highest BCUT2D eigenvalue weighted by molar-refractivity contribution is 7.71. The fourth-order valence-corrected chi connectivity index (χ4v) is 3.45. The van der Waals surface area contributed by atoms with E-state index in [9.17, 15) is 0 Å². The van der Waals surface area contributed by atoms with E-state index in [1.165, 1.54) is 0 Å². The van der Waals surface area contributed by atoms with Crippen molar-refractivity contribution in [3.05, 3.63) is 40.4 Å². The van der Waals surface area contributed by atoms with Crippen LogP contribution in [0.15, 0.2) is 30.6 Å². The van der Waals surface area contributed by atoms with Crippen LogP contribution in [-0.2, 0) is 6.67 Å². The maximum Gasteiger partial charge on any atom is 0.199 e. The molecule has 0 spiro atoms. The lowest BCUT2D eigenvalue weighted by molar-refractivity contribution is 0.194. The van der Waals surface area contributed by atoms with Crippen molar-refractivity contribution in [2.24, 2.45) is 0 Å². The predicted octanol–water partition coefficient (Wildman–Crippen LogP) is 3.43. The van der Waals surface area contributed by atoms with E-state index in [2.05, 4.69) is 34.8 Å². The standard InChI is InChI=1S/C16H22ClN5S/c1-13(2)21-11-18-22(16(21)23)12-19-7-9-20(10-8-19)15-6-4-3-5-14(15)17/h3-6,11,13H,7-10,12H2,1-2H3. The Labute approximate surface area is 147 Å². The summed E-state index contributed by atoms with van der Waals surface area (Å²) in [6.07, 6.45) is 1.83. The maximum atomic E-state index is 6.29. The van der Waals surface area contributed by atoms with Crippen molar-refractivity contribution in [3.8, 4) is 0 Å². The first-order valence-electron chi connectivity index (χ1n) is 7.92. The normalized spacial score (nSPS) is 16.3. The van der Waals surface area contributed by atoms with Gasteiger partial charge in [-0.3, -0.25) is 4.90 Å². The first-order valence-corrected chi connectivity index (χ1v) is 8.70. The van der Waals surface area contributed by atoms with Crippen LogP contribution in [0.2, 0.25) is 5.02 Å². The Kier molecular flexibility index (Phi) is 5.04. The minimum atomic E-state index is 0.341. The molecule has 124 valence electrons. The molecule has 2 aromatic rings. The number of para-hydroxylation sites is 1. The Bertz CT molecular complexity index is 715. The van der Waals surface area contributed by atoms with Gasteiger partial charge in [-0.15, -0.1) is 0 Å². The molecule has 1 aromatic heterocycles. The molecular weight excluding hydrogens is 330 g/mol. The lowest BCUT2D eigenvalue weighted by atomic mass is 10.2. The predicted molar refractivity (Wildman–Crippen MR) is 96.7 cm³/mol. The highest BCUT2D eigenvalue weighted by atomic mass is 35.5. The van der Waals surface area contributed by atoms with Gasteiger partial charge in [0.25, 0.3) is 0 Å². The molecule has 0 unspecified atom stereocenters. The molecule has 7 heteroatoms. The molecule has 1 aliphatic rings. The molecule has 0 N–H and O–H groups in total. The molecular formula is C16H22ClN5S.